The summed E-state index contributed by atoms with van der Waals surface area (Å²) in [6.45, 7) is 3.09. The van der Waals surface area contributed by atoms with Crippen molar-refractivity contribution in [3.05, 3.63) is 57.2 Å². The van der Waals surface area contributed by atoms with E-state index in [9.17, 15) is 4.79 Å². The van der Waals surface area contributed by atoms with Crippen LogP contribution in [0.1, 0.15) is 29.8 Å². The first kappa shape index (κ1) is 20.0. The molecule has 6 heteroatoms. The maximum Gasteiger partial charge on any atom is 0.327 e. The van der Waals surface area contributed by atoms with Gasteiger partial charge in [0.05, 0.1) is 6.61 Å². The highest BCUT2D eigenvalue weighted by Crippen LogP contribution is 2.24. The van der Waals surface area contributed by atoms with Crippen LogP contribution in [-0.4, -0.2) is 19.1 Å². The van der Waals surface area contributed by atoms with Gasteiger partial charge in [0.15, 0.2) is 0 Å². The molecule has 1 atom stereocenters. The van der Waals surface area contributed by atoms with Gasteiger partial charge in [-0.3, -0.25) is 0 Å². The summed E-state index contributed by atoms with van der Waals surface area (Å²) < 4.78 is 5.29. The van der Waals surface area contributed by atoms with Gasteiger partial charge in [-0.15, -0.1) is 23.7 Å². The molecule has 0 aliphatic heterocycles. The van der Waals surface area contributed by atoms with Gasteiger partial charge in [0.2, 0.25) is 0 Å². The smallest absolute Gasteiger partial charge is 0.327 e. The number of hydrogen-bond acceptors (Lipinski definition) is 4. The Morgan fingerprint density at radius 3 is 2.74 bits per heavy atom. The molecule has 2 aromatic rings. The van der Waals surface area contributed by atoms with Gasteiger partial charge in [0, 0.05) is 16.4 Å². The predicted molar refractivity (Wildman–Crippen MR) is 98.7 cm³/mol. The fourth-order valence-electron chi connectivity index (χ4n) is 2.11. The van der Waals surface area contributed by atoms with Crippen LogP contribution >= 0.6 is 35.3 Å². The van der Waals surface area contributed by atoms with Gasteiger partial charge in [-0.1, -0.05) is 42.8 Å². The lowest BCUT2D eigenvalue weighted by atomic mass is 10.1. The lowest BCUT2D eigenvalue weighted by molar-refractivity contribution is -0.146. The first-order valence-corrected chi connectivity index (χ1v) is 8.65. The fourth-order valence-corrected chi connectivity index (χ4v) is 3.06. The second kappa shape index (κ2) is 10.7. The van der Waals surface area contributed by atoms with E-state index in [0.29, 0.717) is 18.2 Å². The topological polar surface area (TPSA) is 38.3 Å². The summed E-state index contributed by atoms with van der Waals surface area (Å²) in [7, 11) is 0. The van der Waals surface area contributed by atoms with Gasteiger partial charge in [0.25, 0.3) is 0 Å². The normalized spacial score (nSPS) is 11.6. The fraction of sp³-hybridized carbons (Fsp3) is 0.353. The second-order valence-corrected chi connectivity index (χ2v) is 6.34. The van der Waals surface area contributed by atoms with Crippen molar-refractivity contribution in [2.24, 2.45) is 0 Å². The molecular formula is C17H21Cl2NO2S. The molecule has 0 aliphatic carbocycles. The number of rotatable bonds is 8. The molecule has 3 nitrogen and oxygen atoms in total. The van der Waals surface area contributed by atoms with Crippen LogP contribution in [0, 0.1) is 0 Å². The van der Waals surface area contributed by atoms with E-state index in [-0.39, 0.29) is 18.4 Å². The summed E-state index contributed by atoms with van der Waals surface area (Å²) >= 11 is 7.94. The van der Waals surface area contributed by atoms with E-state index < -0.39 is 6.04 Å². The van der Waals surface area contributed by atoms with Crippen molar-refractivity contribution in [2.75, 3.05) is 13.2 Å². The van der Waals surface area contributed by atoms with Crippen molar-refractivity contribution >= 4 is 41.3 Å². The highest BCUT2D eigenvalue weighted by molar-refractivity contribution is 7.09. The van der Waals surface area contributed by atoms with Gasteiger partial charge >= 0.3 is 5.97 Å². The number of carbonyl (C=O) groups is 1. The first-order valence-electron chi connectivity index (χ1n) is 7.39. The molecule has 0 radical (unpaired) electrons. The Bertz CT molecular complexity index is 590. The van der Waals surface area contributed by atoms with E-state index in [1.54, 1.807) is 17.4 Å². The summed E-state index contributed by atoms with van der Waals surface area (Å²) in [5.41, 5.74) is 0.761. The van der Waals surface area contributed by atoms with Crippen molar-refractivity contribution in [3.8, 4) is 0 Å². The lowest BCUT2D eigenvalue weighted by Crippen LogP contribution is -2.32. The minimum atomic E-state index is -0.528. The van der Waals surface area contributed by atoms with Crippen LogP contribution < -0.4 is 5.32 Å². The van der Waals surface area contributed by atoms with E-state index in [1.165, 1.54) is 4.88 Å². The number of halogens is 2. The van der Waals surface area contributed by atoms with Crippen LogP contribution in [0.4, 0.5) is 0 Å². The zero-order valence-corrected chi connectivity index (χ0v) is 15.3. The van der Waals surface area contributed by atoms with Gasteiger partial charge in [-0.2, -0.15) is 0 Å². The van der Waals surface area contributed by atoms with Crippen LogP contribution in [0.5, 0.6) is 0 Å². The minimum Gasteiger partial charge on any atom is -0.464 e. The predicted octanol–water partition coefficient (Wildman–Crippen LogP) is 4.65. The molecule has 126 valence electrons. The Balaban J connectivity index is 0.00000264. The molecule has 0 saturated carbocycles. The highest BCUT2D eigenvalue weighted by Gasteiger charge is 2.23. The molecule has 1 heterocycles. The Morgan fingerprint density at radius 2 is 2.09 bits per heavy atom. The maximum absolute atomic E-state index is 12.3. The van der Waals surface area contributed by atoms with E-state index in [0.717, 1.165) is 18.4 Å². The molecule has 0 bridgehead atoms. The molecule has 0 aliphatic rings. The first-order chi connectivity index (χ1) is 10.7. The van der Waals surface area contributed by atoms with Gasteiger partial charge in [-0.25, -0.2) is 4.79 Å². The molecule has 1 N–H and O–H groups in total. The number of hydrogen-bond donors (Lipinski definition) is 1. The number of esters is 1. The number of carbonyl (C=O) groups excluding carboxylic acids is 1. The molecule has 0 amide bonds. The van der Waals surface area contributed by atoms with E-state index >= 15 is 0 Å². The Hall–Kier alpha value is -1.07. The molecule has 0 unspecified atom stereocenters. The molecule has 0 fully saturated rings. The molecule has 0 spiro atoms. The van der Waals surface area contributed by atoms with Gasteiger partial charge in [-0.05, 0) is 35.9 Å². The quantitative estimate of drug-likeness (QED) is 0.684. The summed E-state index contributed by atoms with van der Waals surface area (Å²) in [6.07, 6.45) is 1.68. The molecule has 0 saturated heterocycles. The summed E-state index contributed by atoms with van der Waals surface area (Å²) in [5.74, 6) is -0.277. The average molecular weight is 374 g/mol. The average Bonchev–Trinajstić information content (AvgIpc) is 3.03. The van der Waals surface area contributed by atoms with Gasteiger partial charge < -0.3 is 10.1 Å². The van der Waals surface area contributed by atoms with Crippen LogP contribution in [0.15, 0.2) is 41.8 Å². The van der Waals surface area contributed by atoms with Crippen molar-refractivity contribution < 1.29 is 9.53 Å². The zero-order chi connectivity index (χ0) is 15.8. The van der Waals surface area contributed by atoms with Crippen molar-refractivity contribution in [2.45, 2.75) is 25.8 Å². The van der Waals surface area contributed by atoms with Crippen molar-refractivity contribution in [3.63, 3.8) is 0 Å². The molecule has 2 rings (SSSR count). The third-order valence-corrected chi connectivity index (χ3v) is 4.48. The van der Waals surface area contributed by atoms with Crippen LogP contribution in [0.25, 0.3) is 0 Å². The Morgan fingerprint density at radius 1 is 1.30 bits per heavy atom. The number of benzene rings is 1. The molecule has 1 aromatic heterocycles. The van der Waals surface area contributed by atoms with Crippen molar-refractivity contribution in [1.29, 1.82) is 0 Å². The summed E-state index contributed by atoms with van der Waals surface area (Å²) in [5, 5.41) is 5.90. The Kier molecular flexibility index (Phi) is 9.26. The SMILES string of the molecule is CCCOC(=O)[C@@H](NCCc1cccs1)c1ccccc1Cl.Cl. The monoisotopic (exact) mass is 373 g/mol. The van der Waals surface area contributed by atoms with Crippen LogP contribution in [0.2, 0.25) is 5.02 Å². The standard InChI is InChI=1S/C17H20ClNO2S.ClH/c1-2-11-21-17(20)16(14-7-3-4-8-15(14)18)19-10-9-13-6-5-12-22-13;/h3-8,12,16,19H,2,9-11H2,1H3;1H/t16-;/m0./s1. The summed E-state index contributed by atoms with van der Waals surface area (Å²) in [6, 6.07) is 11.0. The van der Waals surface area contributed by atoms with E-state index in [2.05, 4.69) is 16.8 Å². The third kappa shape index (κ3) is 6.15. The largest absolute Gasteiger partial charge is 0.464 e. The highest BCUT2D eigenvalue weighted by atomic mass is 35.5. The van der Waals surface area contributed by atoms with E-state index in [4.69, 9.17) is 16.3 Å². The van der Waals surface area contributed by atoms with Crippen LogP contribution in [-0.2, 0) is 16.0 Å². The second-order valence-electron chi connectivity index (χ2n) is 4.91. The molecule has 1 aromatic carbocycles. The summed E-state index contributed by atoms with van der Waals surface area (Å²) in [4.78, 5) is 13.6. The molecular weight excluding hydrogens is 353 g/mol. The Labute approximate surface area is 152 Å². The lowest BCUT2D eigenvalue weighted by Gasteiger charge is -2.19. The van der Waals surface area contributed by atoms with Gasteiger partial charge in [0.1, 0.15) is 6.04 Å². The number of thiophene rings is 1. The van der Waals surface area contributed by atoms with Crippen molar-refractivity contribution in [1.82, 2.24) is 5.32 Å². The van der Waals surface area contributed by atoms with E-state index in [1.807, 2.05) is 31.2 Å². The molecule has 23 heavy (non-hydrogen) atoms. The minimum absolute atomic E-state index is 0. The number of ether oxygens (including phenoxy) is 1. The third-order valence-electron chi connectivity index (χ3n) is 3.20. The maximum atomic E-state index is 12.3. The van der Waals surface area contributed by atoms with Crippen LogP contribution in [0.3, 0.4) is 0 Å². The number of nitrogens with one attached hydrogen (secondary N) is 1. The zero-order valence-electron chi connectivity index (χ0n) is 13.0.